The number of anilines is 2. The summed E-state index contributed by atoms with van der Waals surface area (Å²) in [7, 11) is 0. The molecule has 0 aliphatic carbocycles. The van der Waals surface area contributed by atoms with Crippen LogP contribution in [0.5, 0.6) is 11.5 Å². The zero-order valence-corrected chi connectivity index (χ0v) is 21.6. The highest BCUT2D eigenvalue weighted by Gasteiger charge is 2.21. The van der Waals surface area contributed by atoms with Gasteiger partial charge in [-0.2, -0.15) is 0 Å². The predicted octanol–water partition coefficient (Wildman–Crippen LogP) is 6.68. The molecule has 0 spiro atoms. The Morgan fingerprint density at radius 3 is 2.46 bits per heavy atom. The van der Waals surface area contributed by atoms with Crippen molar-refractivity contribution in [3.8, 4) is 22.8 Å². The van der Waals surface area contributed by atoms with E-state index in [0.717, 1.165) is 16.9 Å². The van der Waals surface area contributed by atoms with Crippen molar-refractivity contribution >= 4 is 29.1 Å². The summed E-state index contributed by atoms with van der Waals surface area (Å²) in [6.07, 6.45) is 1.51. The summed E-state index contributed by atoms with van der Waals surface area (Å²) in [5, 5.41) is 8.34. The van der Waals surface area contributed by atoms with Crippen LogP contribution in [0.25, 0.3) is 11.3 Å². The Morgan fingerprint density at radius 2 is 1.84 bits per heavy atom. The van der Waals surface area contributed by atoms with E-state index in [1.54, 1.807) is 42.6 Å². The number of rotatable bonds is 10. The number of hydrogen-bond donors (Lipinski definition) is 3. The van der Waals surface area contributed by atoms with E-state index in [0.29, 0.717) is 34.5 Å². The van der Waals surface area contributed by atoms with Gasteiger partial charge in [-0.3, -0.25) is 5.41 Å². The minimum Gasteiger partial charge on any atom is -0.494 e. The number of aromatic nitrogens is 2. The monoisotopic (exact) mass is 521 g/mol. The van der Waals surface area contributed by atoms with Gasteiger partial charge in [0.1, 0.15) is 11.6 Å². The Labute approximate surface area is 220 Å². The minimum absolute atomic E-state index is 0.0351. The molecule has 9 heteroatoms. The van der Waals surface area contributed by atoms with Crippen molar-refractivity contribution in [1.82, 2.24) is 9.97 Å². The lowest BCUT2D eigenvalue weighted by Gasteiger charge is -2.24. The number of H-pyrrole nitrogens is 1. The number of nitrogens with zero attached hydrogens (tertiary/aromatic N) is 2. The molecule has 4 N–H and O–H groups in total. The lowest BCUT2D eigenvalue weighted by atomic mass is 10.1. The molecule has 0 radical (unpaired) electrons. The third-order valence-electron chi connectivity index (χ3n) is 5.55. The van der Waals surface area contributed by atoms with Crippen molar-refractivity contribution in [1.29, 1.82) is 5.41 Å². The summed E-state index contributed by atoms with van der Waals surface area (Å²) in [5.41, 5.74) is 9.02. The number of halogens is 2. The number of nitrogens with one attached hydrogen (secondary N) is 2. The van der Waals surface area contributed by atoms with Crippen LogP contribution in [-0.2, 0) is 6.54 Å². The van der Waals surface area contributed by atoms with Crippen molar-refractivity contribution in [2.75, 3.05) is 11.5 Å². The van der Waals surface area contributed by atoms with Gasteiger partial charge in [0.2, 0.25) is 5.95 Å². The molecule has 1 aromatic heterocycles. The molecule has 0 amide bonds. The van der Waals surface area contributed by atoms with Gasteiger partial charge >= 0.3 is 0 Å². The van der Waals surface area contributed by atoms with Crippen LogP contribution >= 0.6 is 11.6 Å². The number of amidine groups is 1. The highest BCUT2D eigenvalue weighted by atomic mass is 35.5. The molecule has 0 saturated heterocycles. The summed E-state index contributed by atoms with van der Waals surface area (Å²) in [5.74, 6) is 0.652. The van der Waals surface area contributed by atoms with Gasteiger partial charge in [-0.05, 0) is 68.8 Å². The third kappa shape index (κ3) is 6.21. The van der Waals surface area contributed by atoms with Crippen molar-refractivity contribution in [3.63, 3.8) is 0 Å². The number of nitrogens with two attached hydrogens (primary N) is 1. The van der Waals surface area contributed by atoms with Gasteiger partial charge in [-0.15, -0.1) is 0 Å². The van der Waals surface area contributed by atoms with Crippen molar-refractivity contribution in [3.05, 3.63) is 88.8 Å². The molecule has 0 aliphatic rings. The minimum atomic E-state index is -0.466. The molecular weight excluding hydrogens is 493 g/mol. The van der Waals surface area contributed by atoms with Crippen LogP contribution < -0.4 is 20.1 Å². The first-order valence-electron chi connectivity index (χ1n) is 11.9. The largest absolute Gasteiger partial charge is 0.494 e. The second-order valence-electron chi connectivity index (χ2n) is 8.67. The summed E-state index contributed by atoms with van der Waals surface area (Å²) in [6.45, 7) is 6.13. The van der Waals surface area contributed by atoms with Crippen LogP contribution in [0, 0.1) is 11.2 Å². The van der Waals surface area contributed by atoms with Crippen LogP contribution in [0.3, 0.4) is 0 Å². The van der Waals surface area contributed by atoms with Gasteiger partial charge < -0.3 is 25.1 Å². The smallest absolute Gasteiger partial charge is 0.208 e. The fourth-order valence-electron chi connectivity index (χ4n) is 3.84. The Kier molecular flexibility index (Phi) is 7.98. The standard InChI is InChI=1S/C28H29ClFN5O2/c1-4-36-23-13-20(26(30)25(14-23)37-17(2)3)16-35(22-11-7-19(8-12-22)27(31)32)28-33-15-24(34-28)18-5-9-21(29)10-6-18/h5-15,17H,4,16H2,1-3H3,(H3,31,32)(H,33,34). The van der Waals surface area contributed by atoms with Crippen LogP contribution in [0.4, 0.5) is 16.0 Å². The zero-order chi connectivity index (χ0) is 26.5. The van der Waals surface area contributed by atoms with Crippen molar-refractivity contribution in [2.24, 2.45) is 5.73 Å². The Bertz CT molecular complexity index is 1370. The molecule has 0 bridgehead atoms. The maximum atomic E-state index is 15.6. The van der Waals surface area contributed by atoms with E-state index in [2.05, 4.69) is 9.97 Å². The maximum absolute atomic E-state index is 15.6. The molecule has 1 heterocycles. The molecule has 192 valence electrons. The number of imidazole rings is 1. The average molecular weight is 522 g/mol. The first-order valence-corrected chi connectivity index (χ1v) is 12.3. The van der Waals surface area contributed by atoms with Gasteiger partial charge in [-0.25, -0.2) is 9.37 Å². The lowest BCUT2D eigenvalue weighted by molar-refractivity contribution is 0.228. The van der Waals surface area contributed by atoms with Gasteiger partial charge in [-0.1, -0.05) is 23.7 Å². The SMILES string of the molecule is CCOc1cc(CN(c2ccc(C(=N)N)cc2)c2ncc(-c3ccc(Cl)cc3)[nH]2)c(F)c(OC(C)C)c1. The summed E-state index contributed by atoms with van der Waals surface area (Å²) < 4.78 is 27.1. The fraction of sp³-hybridized carbons (Fsp3) is 0.214. The molecule has 0 atom stereocenters. The summed E-state index contributed by atoms with van der Waals surface area (Å²) in [6, 6.07) is 17.8. The van der Waals surface area contributed by atoms with Gasteiger partial charge in [0.15, 0.2) is 11.6 Å². The molecular formula is C28H29ClFN5O2. The fourth-order valence-corrected chi connectivity index (χ4v) is 3.96. The molecule has 3 aromatic carbocycles. The first kappa shape index (κ1) is 26.0. The maximum Gasteiger partial charge on any atom is 0.208 e. The van der Waals surface area contributed by atoms with Crippen LogP contribution in [0.1, 0.15) is 31.9 Å². The van der Waals surface area contributed by atoms with E-state index in [1.165, 1.54) is 0 Å². The molecule has 0 saturated carbocycles. The topological polar surface area (TPSA) is 100 Å². The van der Waals surface area contributed by atoms with Gasteiger partial charge in [0.25, 0.3) is 0 Å². The van der Waals surface area contributed by atoms with Crippen LogP contribution in [-0.4, -0.2) is 28.5 Å². The summed E-state index contributed by atoms with van der Waals surface area (Å²) in [4.78, 5) is 9.77. The third-order valence-corrected chi connectivity index (χ3v) is 5.81. The Hall–Kier alpha value is -4.04. The number of ether oxygens (including phenoxy) is 2. The molecule has 7 nitrogen and oxygen atoms in total. The lowest BCUT2D eigenvalue weighted by Crippen LogP contribution is -2.20. The van der Waals surface area contributed by atoms with E-state index >= 15 is 4.39 Å². The highest BCUT2D eigenvalue weighted by Crippen LogP contribution is 2.33. The normalized spacial score (nSPS) is 11.0. The molecule has 37 heavy (non-hydrogen) atoms. The molecule has 4 aromatic rings. The molecule has 0 unspecified atom stereocenters. The second-order valence-corrected chi connectivity index (χ2v) is 9.10. The number of benzene rings is 3. The second kappa shape index (κ2) is 11.3. The quantitative estimate of drug-likeness (QED) is 0.160. The van der Waals surface area contributed by atoms with E-state index in [1.807, 2.05) is 49.9 Å². The van der Waals surface area contributed by atoms with Crippen molar-refractivity contribution < 1.29 is 13.9 Å². The zero-order valence-electron chi connectivity index (χ0n) is 20.9. The number of aromatic amines is 1. The van der Waals surface area contributed by atoms with E-state index in [4.69, 9.17) is 32.2 Å². The average Bonchev–Trinajstić information content (AvgIpc) is 3.35. The summed E-state index contributed by atoms with van der Waals surface area (Å²) >= 11 is 6.04. The predicted molar refractivity (Wildman–Crippen MR) is 146 cm³/mol. The Morgan fingerprint density at radius 1 is 1.14 bits per heavy atom. The first-order chi connectivity index (χ1) is 17.7. The number of hydrogen-bond acceptors (Lipinski definition) is 5. The molecule has 0 aliphatic heterocycles. The highest BCUT2D eigenvalue weighted by molar-refractivity contribution is 6.30. The van der Waals surface area contributed by atoms with E-state index in [9.17, 15) is 0 Å². The molecule has 0 fully saturated rings. The Balaban J connectivity index is 1.77. The van der Waals surface area contributed by atoms with Crippen LogP contribution in [0.2, 0.25) is 5.02 Å². The van der Waals surface area contributed by atoms with Gasteiger partial charge in [0, 0.05) is 27.9 Å². The molecule has 4 rings (SSSR count). The van der Waals surface area contributed by atoms with Crippen molar-refractivity contribution in [2.45, 2.75) is 33.4 Å². The number of nitrogen functional groups attached to an aromatic ring is 1. The van der Waals surface area contributed by atoms with Gasteiger partial charge in [0.05, 0.1) is 31.1 Å². The van der Waals surface area contributed by atoms with Crippen LogP contribution in [0.15, 0.2) is 66.9 Å². The van der Waals surface area contributed by atoms with E-state index in [-0.39, 0.29) is 24.2 Å². The van der Waals surface area contributed by atoms with E-state index < -0.39 is 5.82 Å².